The minimum Gasteiger partial charge on any atom is -0.304 e. The fourth-order valence-corrected chi connectivity index (χ4v) is 2.52. The number of benzene rings is 1. The molecule has 2 rings (SSSR count). The van der Waals surface area contributed by atoms with Gasteiger partial charge in [0.2, 0.25) is 10.0 Å². The maximum atomic E-state index is 10.6. The highest BCUT2D eigenvalue weighted by molar-refractivity contribution is 7.89. The maximum Gasteiger partial charge on any atom is 0.238 e. The highest BCUT2D eigenvalue weighted by Gasteiger charge is 2.12. The molecule has 1 heterocycles. The Hall–Kier alpha value is -0.910. The van der Waals surface area contributed by atoms with Gasteiger partial charge in [0.15, 0.2) is 0 Å². The van der Waals surface area contributed by atoms with Crippen LogP contribution in [-0.2, 0) is 10.0 Å². The summed E-state index contributed by atoms with van der Waals surface area (Å²) in [6.07, 6.45) is 2.82. The van der Waals surface area contributed by atoms with Crippen molar-refractivity contribution in [3.63, 3.8) is 0 Å². The quantitative estimate of drug-likeness (QED) is 0.910. The number of hydrogen-bond acceptors (Lipinski definition) is 3. The molecule has 0 saturated carbocycles. The Morgan fingerprint density at radius 2 is 1.67 bits per heavy atom. The highest BCUT2D eigenvalue weighted by Crippen LogP contribution is 2.14. The molecule has 1 saturated heterocycles. The number of sulfonamides is 1. The van der Waals surface area contributed by atoms with Crippen molar-refractivity contribution in [1.82, 2.24) is 4.90 Å². The van der Waals surface area contributed by atoms with Gasteiger partial charge in [-0.25, -0.2) is 13.6 Å². The monoisotopic (exact) mass is 316 g/mol. The Balaban J connectivity index is 0. The summed E-state index contributed by atoms with van der Waals surface area (Å²) in [5, 5.41) is 4.83. The van der Waals surface area contributed by atoms with Crippen LogP contribution < -0.4 is 5.14 Å². The smallest absolute Gasteiger partial charge is 0.238 e. The number of piperidine rings is 1. The van der Waals surface area contributed by atoms with Crippen LogP contribution in [0.4, 0.5) is 0 Å². The van der Waals surface area contributed by atoms with E-state index in [0.29, 0.717) is 0 Å². The molecule has 0 spiro atoms. The summed E-state index contributed by atoms with van der Waals surface area (Å²) >= 11 is 0. The van der Waals surface area contributed by atoms with Crippen LogP contribution in [0.15, 0.2) is 35.2 Å². The third-order valence-electron chi connectivity index (χ3n) is 3.40. The first-order chi connectivity index (χ1) is 9.93. The minimum absolute atomic E-state index is 0. The van der Waals surface area contributed by atoms with Gasteiger partial charge in [0.05, 0.1) is 4.90 Å². The van der Waals surface area contributed by atoms with E-state index >= 15 is 0 Å². The second-order valence-corrected chi connectivity index (χ2v) is 6.54. The summed E-state index contributed by atoms with van der Waals surface area (Å²) in [4.78, 5) is 2.68. The Morgan fingerprint density at radius 1 is 1.19 bits per heavy atom. The van der Waals surface area contributed by atoms with Gasteiger partial charge in [-0.15, -0.1) is 0 Å². The molecule has 0 unspecified atom stereocenters. The molecule has 1 aromatic rings. The van der Waals surface area contributed by atoms with Crippen LogP contribution in [0.2, 0.25) is 0 Å². The van der Waals surface area contributed by atoms with Crippen LogP contribution in [0, 0.1) is 5.92 Å². The van der Waals surface area contributed by atoms with Crippen LogP contribution >= 0.6 is 0 Å². The van der Waals surface area contributed by atoms with Crippen molar-refractivity contribution in [2.45, 2.75) is 45.4 Å². The lowest BCUT2D eigenvalue weighted by Crippen LogP contribution is -2.32. The molecule has 5 heteroatoms. The van der Waals surface area contributed by atoms with E-state index in [9.17, 15) is 8.42 Å². The van der Waals surface area contributed by atoms with E-state index in [4.69, 9.17) is 5.14 Å². The molecule has 0 bridgehead atoms. The third-order valence-corrected chi connectivity index (χ3v) is 4.32. The zero-order valence-corrected chi connectivity index (χ0v) is 14.6. The van der Waals surface area contributed by atoms with E-state index in [0.717, 1.165) is 5.92 Å². The molecular weight excluding hydrogens is 284 g/mol. The predicted octanol–water partition coefficient (Wildman–Crippen LogP) is 3.34. The summed E-state index contributed by atoms with van der Waals surface area (Å²) in [5.74, 6) is 0.979. The van der Waals surface area contributed by atoms with Crippen LogP contribution in [0.5, 0.6) is 0 Å². The number of nitrogens with zero attached hydrogens (tertiary/aromatic N) is 1. The lowest BCUT2D eigenvalue weighted by Gasteiger charge is -2.28. The normalized spacial score (nSPS) is 16.2. The minimum atomic E-state index is -3.50. The zero-order chi connectivity index (χ0) is 16.3. The summed E-state index contributed by atoms with van der Waals surface area (Å²) < 4.78 is 21.2. The maximum absolute atomic E-state index is 10.6. The average molecular weight is 317 g/mol. The molecule has 0 atom stereocenters. The van der Waals surface area contributed by atoms with E-state index in [1.54, 1.807) is 18.2 Å². The van der Waals surface area contributed by atoms with E-state index in [2.05, 4.69) is 18.7 Å². The molecule has 4 nitrogen and oxygen atoms in total. The van der Waals surface area contributed by atoms with Crippen molar-refractivity contribution in [3.05, 3.63) is 30.3 Å². The molecule has 0 radical (unpaired) electrons. The van der Waals surface area contributed by atoms with Gasteiger partial charge in [-0.2, -0.15) is 0 Å². The Bertz CT molecular complexity index is 458. The molecule has 1 fully saturated rings. The number of nitrogens with two attached hydrogens (primary N) is 1. The van der Waals surface area contributed by atoms with Gasteiger partial charge in [-0.1, -0.05) is 45.9 Å². The first kappa shape index (κ1) is 20.1. The van der Waals surface area contributed by atoms with Crippen LogP contribution in [-0.4, -0.2) is 33.0 Å². The van der Waals surface area contributed by atoms with Gasteiger partial charge in [0.1, 0.15) is 0 Å². The fourth-order valence-electron chi connectivity index (χ4n) is 1.99. The van der Waals surface area contributed by atoms with Gasteiger partial charge in [-0.3, -0.25) is 0 Å². The number of likely N-dealkylation sites (tertiary alicyclic amines) is 1. The number of rotatable bonds is 2. The van der Waals surface area contributed by atoms with Crippen molar-refractivity contribution in [2.24, 2.45) is 11.1 Å². The van der Waals surface area contributed by atoms with E-state index in [1.807, 2.05) is 13.8 Å². The van der Waals surface area contributed by atoms with Crippen molar-refractivity contribution in [2.75, 3.05) is 19.6 Å². The largest absolute Gasteiger partial charge is 0.304 e. The zero-order valence-electron chi connectivity index (χ0n) is 13.7. The third kappa shape index (κ3) is 8.86. The molecule has 0 aromatic heterocycles. The van der Waals surface area contributed by atoms with Crippen LogP contribution in [0.1, 0.15) is 42.0 Å². The summed E-state index contributed by atoms with van der Waals surface area (Å²) in [6, 6.07) is 7.89. The average Bonchev–Trinajstić information content (AvgIpc) is 2.51. The second-order valence-electron chi connectivity index (χ2n) is 4.97. The van der Waals surface area contributed by atoms with Gasteiger partial charge in [0.25, 0.3) is 0 Å². The van der Waals surface area contributed by atoms with Crippen molar-refractivity contribution in [1.29, 1.82) is 0 Å². The topological polar surface area (TPSA) is 63.4 Å². The Kier molecular flexibility index (Phi) is 10.3. The second kappa shape index (κ2) is 10.8. The molecular formula is C16H32N2O2S. The SMILES string of the molecule is CC.CCN1CCC(C)CC1.NS(=O)(=O)c1ccccc1.[HH]. The van der Waals surface area contributed by atoms with Gasteiger partial charge < -0.3 is 4.90 Å². The predicted molar refractivity (Wildman–Crippen MR) is 91.8 cm³/mol. The van der Waals surface area contributed by atoms with Crippen molar-refractivity contribution >= 4 is 10.0 Å². The Labute approximate surface area is 131 Å². The van der Waals surface area contributed by atoms with E-state index in [-0.39, 0.29) is 6.32 Å². The van der Waals surface area contributed by atoms with Crippen LogP contribution in [0.25, 0.3) is 0 Å². The molecule has 124 valence electrons. The first-order valence-corrected chi connectivity index (χ1v) is 9.28. The van der Waals surface area contributed by atoms with E-state index in [1.165, 1.54) is 44.6 Å². The summed E-state index contributed by atoms with van der Waals surface area (Å²) in [7, 11) is -3.50. The highest BCUT2D eigenvalue weighted by atomic mass is 32.2. The van der Waals surface area contributed by atoms with Crippen LogP contribution in [0.3, 0.4) is 0 Å². The molecule has 1 aromatic carbocycles. The first-order valence-electron chi connectivity index (χ1n) is 7.73. The Morgan fingerprint density at radius 3 is 2.00 bits per heavy atom. The molecule has 1 aliphatic rings. The number of primary sulfonamides is 1. The van der Waals surface area contributed by atoms with E-state index < -0.39 is 10.0 Å². The fraction of sp³-hybridized carbons (Fsp3) is 0.625. The molecule has 21 heavy (non-hydrogen) atoms. The lowest BCUT2D eigenvalue weighted by molar-refractivity contribution is 0.201. The summed E-state index contributed by atoms with van der Waals surface area (Å²) in [5.41, 5.74) is 0. The number of hydrogen-bond donors (Lipinski definition) is 1. The van der Waals surface area contributed by atoms with Gasteiger partial charge in [-0.05, 0) is 50.5 Å². The van der Waals surface area contributed by atoms with Gasteiger partial charge >= 0.3 is 0 Å². The van der Waals surface area contributed by atoms with Crippen molar-refractivity contribution in [3.8, 4) is 0 Å². The molecule has 0 amide bonds. The molecule has 0 aliphatic carbocycles. The van der Waals surface area contributed by atoms with Crippen molar-refractivity contribution < 1.29 is 9.84 Å². The molecule has 1 aliphatic heterocycles. The lowest BCUT2D eigenvalue weighted by atomic mass is 9.99. The summed E-state index contributed by atoms with van der Waals surface area (Å²) in [6.45, 7) is 12.5. The van der Waals surface area contributed by atoms with Gasteiger partial charge in [0, 0.05) is 1.43 Å². The molecule has 2 N–H and O–H groups in total. The standard InChI is InChI=1S/C8H17N.C6H7NO2S.C2H6.H2/c1-3-9-6-4-8(2)5-7-9;7-10(8,9)6-4-2-1-3-5-6;1-2;/h8H,3-7H2,1-2H3;1-5H,(H2,7,8,9);1-2H3;1H.